The van der Waals surface area contributed by atoms with Gasteiger partial charge in [-0.1, -0.05) is 30.7 Å². The lowest BCUT2D eigenvalue weighted by molar-refractivity contribution is 0.132. The van der Waals surface area contributed by atoms with Gasteiger partial charge in [0.05, 0.1) is 6.10 Å². The second-order valence-electron chi connectivity index (χ2n) is 5.61. The average molecular weight is 231 g/mol. The molecule has 0 radical (unpaired) electrons. The third kappa shape index (κ3) is 2.00. The predicted octanol–water partition coefficient (Wildman–Crippen LogP) is 2.56. The molecule has 0 amide bonds. The van der Waals surface area contributed by atoms with Gasteiger partial charge in [-0.05, 0) is 43.2 Å². The van der Waals surface area contributed by atoms with Crippen LogP contribution in [0.25, 0.3) is 0 Å². The van der Waals surface area contributed by atoms with Gasteiger partial charge in [-0.25, -0.2) is 0 Å². The van der Waals surface area contributed by atoms with Gasteiger partial charge in [-0.2, -0.15) is 0 Å². The Balaban J connectivity index is 1.75. The van der Waals surface area contributed by atoms with E-state index in [2.05, 4.69) is 24.4 Å². The van der Waals surface area contributed by atoms with E-state index >= 15 is 0 Å². The van der Waals surface area contributed by atoms with Crippen molar-refractivity contribution in [2.45, 2.75) is 50.8 Å². The lowest BCUT2D eigenvalue weighted by Crippen LogP contribution is -2.34. The fourth-order valence-electron chi connectivity index (χ4n) is 3.56. The fourth-order valence-corrected chi connectivity index (χ4v) is 3.56. The summed E-state index contributed by atoms with van der Waals surface area (Å²) in [5.41, 5.74) is 2.28. The average Bonchev–Trinajstić information content (AvgIpc) is 2.88. The maximum absolute atomic E-state index is 10.5. The summed E-state index contributed by atoms with van der Waals surface area (Å²) >= 11 is 0. The highest BCUT2D eigenvalue weighted by Gasteiger charge is 2.39. The predicted molar refractivity (Wildman–Crippen MR) is 68.8 cm³/mol. The van der Waals surface area contributed by atoms with Crippen LogP contribution in [0.4, 0.5) is 0 Å². The van der Waals surface area contributed by atoms with Crippen LogP contribution in [-0.2, 0) is 0 Å². The molecular weight excluding hydrogens is 210 g/mol. The van der Waals surface area contributed by atoms with Gasteiger partial charge in [0.25, 0.3) is 0 Å². The van der Waals surface area contributed by atoms with Gasteiger partial charge in [0.1, 0.15) is 0 Å². The summed E-state index contributed by atoms with van der Waals surface area (Å²) in [6.45, 7) is 2.08. The molecule has 1 aliphatic carbocycles. The Kier molecular flexibility index (Phi) is 2.93. The van der Waals surface area contributed by atoms with Gasteiger partial charge in [0.15, 0.2) is 0 Å². The van der Waals surface area contributed by atoms with E-state index in [0.717, 1.165) is 17.9 Å². The largest absolute Gasteiger partial charge is 0.387 e. The topological polar surface area (TPSA) is 32.3 Å². The van der Waals surface area contributed by atoms with Crippen molar-refractivity contribution in [3.63, 3.8) is 0 Å². The summed E-state index contributed by atoms with van der Waals surface area (Å²) < 4.78 is 0. The molecule has 2 nitrogen and oxygen atoms in total. The number of nitrogens with one attached hydrogen (secondary N) is 1. The van der Waals surface area contributed by atoms with E-state index < -0.39 is 0 Å². The number of rotatable bonds is 2. The van der Waals surface area contributed by atoms with Crippen LogP contribution in [0.2, 0.25) is 0 Å². The Labute approximate surface area is 103 Å². The van der Waals surface area contributed by atoms with Crippen molar-refractivity contribution >= 4 is 0 Å². The number of aliphatic hydroxyl groups is 1. The monoisotopic (exact) mass is 231 g/mol. The minimum Gasteiger partial charge on any atom is -0.387 e. The number of fused-ring (bicyclic) bond motifs is 1. The molecule has 0 unspecified atom stereocenters. The first-order valence-electron chi connectivity index (χ1n) is 6.75. The van der Waals surface area contributed by atoms with Crippen molar-refractivity contribution in [3.8, 4) is 0 Å². The van der Waals surface area contributed by atoms with Crippen LogP contribution in [0.15, 0.2) is 24.3 Å². The van der Waals surface area contributed by atoms with Crippen LogP contribution >= 0.6 is 0 Å². The van der Waals surface area contributed by atoms with Crippen LogP contribution in [0.3, 0.4) is 0 Å². The normalized spacial score (nSPS) is 33.6. The quantitative estimate of drug-likeness (QED) is 0.820. The number of hydrogen-bond acceptors (Lipinski definition) is 2. The van der Waals surface area contributed by atoms with Gasteiger partial charge >= 0.3 is 0 Å². The van der Waals surface area contributed by atoms with E-state index in [9.17, 15) is 5.11 Å². The number of aryl methyl sites for hydroxylation is 1. The SMILES string of the molecule is Cc1ccccc1[C@H](O)[C@H]1C[C@H]2CCC[C@H]2N1. The molecule has 3 rings (SSSR count). The number of hydrogen-bond donors (Lipinski definition) is 2. The zero-order chi connectivity index (χ0) is 11.8. The Morgan fingerprint density at radius 2 is 2.12 bits per heavy atom. The molecule has 1 aromatic rings. The summed E-state index contributed by atoms with van der Waals surface area (Å²) in [4.78, 5) is 0. The van der Waals surface area contributed by atoms with E-state index in [1.165, 1.54) is 24.8 Å². The first kappa shape index (κ1) is 11.2. The van der Waals surface area contributed by atoms with Crippen molar-refractivity contribution in [1.82, 2.24) is 5.32 Å². The molecule has 2 aliphatic rings. The summed E-state index contributed by atoms with van der Waals surface area (Å²) in [6, 6.07) is 9.10. The Morgan fingerprint density at radius 1 is 1.29 bits per heavy atom. The minimum atomic E-state index is -0.346. The molecule has 2 fully saturated rings. The fraction of sp³-hybridized carbons (Fsp3) is 0.600. The molecular formula is C15H21NO. The zero-order valence-electron chi connectivity index (χ0n) is 10.4. The third-order valence-corrected chi connectivity index (χ3v) is 4.53. The molecule has 0 aromatic heterocycles. The van der Waals surface area contributed by atoms with Crippen LogP contribution in [0.1, 0.15) is 42.9 Å². The van der Waals surface area contributed by atoms with Gasteiger partial charge < -0.3 is 10.4 Å². The maximum atomic E-state index is 10.5. The van der Waals surface area contributed by atoms with Crippen molar-refractivity contribution in [2.24, 2.45) is 5.92 Å². The van der Waals surface area contributed by atoms with E-state index in [1.54, 1.807) is 0 Å². The molecule has 2 heteroatoms. The highest BCUT2D eigenvalue weighted by molar-refractivity contribution is 5.29. The lowest BCUT2D eigenvalue weighted by Gasteiger charge is -2.21. The molecule has 0 bridgehead atoms. The molecule has 0 spiro atoms. The second kappa shape index (κ2) is 4.43. The molecule has 1 heterocycles. The standard InChI is InChI=1S/C15H21NO/c1-10-5-2-3-7-12(10)15(17)14-9-11-6-4-8-13(11)16-14/h2-3,5,7,11,13-17H,4,6,8-9H2,1H3/t11-,13-,14-,15+/m1/s1. The molecule has 2 N–H and O–H groups in total. The number of benzene rings is 1. The van der Waals surface area contributed by atoms with E-state index in [4.69, 9.17) is 0 Å². The molecule has 4 atom stereocenters. The zero-order valence-corrected chi connectivity index (χ0v) is 10.4. The van der Waals surface area contributed by atoms with Gasteiger partial charge in [0.2, 0.25) is 0 Å². The summed E-state index contributed by atoms with van der Waals surface area (Å²) in [6.07, 6.45) is 4.79. The van der Waals surface area contributed by atoms with Gasteiger partial charge in [-0.15, -0.1) is 0 Å². The van der Waals surface area contributed by atoms with Crippen molar-refractivity contribution in [1.29, 1.82) is 0 Å². The molecule has 1 aliphatic heterocycles. The molecule has 1 saturated carbocycles. The van der Waals surface area contributed by atoms with E-state index in [1.807, 2.05) is 12.1 Å². The van der Waals surface area contributed by atoms with E-state index in [-0.39, 0.29) is 12.1 Å². The highest BCUT2D eigenvalue weighted by Crippen LogP contribution is 2.38. The lowest BCUT2D eigenvalue weighted by atomic mass is 9.94. The van der Waals surface area contributed by atoms with Crippen molar-refractivity contribution in [3.05, 3.63) is 35.4 Å². The first-order chi connectivity index (χ1) is 8.25. The molecule has 17 heavy (non-hydrogen) atoms. The van der Waals surface area contributed by atoms with Gasteiger partial charge in [0, 0.05) is 12.1 Å². The summed E-state index contributed by atoms with van der Waals surface area (Å²) in [5, 5.41) is 14.1. The second-order valence-corrected chi connectivity index (χ2v) is 5.61. The van der Waals surface area contributed by atoms with Crippen molar-refractivity contribution in [2.75, 3.05) is 0 Å². The highest BCUT2D eigenvalue weighted by atomic mass is 16.3. The van der Waals surface area contributed by atoms with Gasteiger partial charge in [-0.3, -0.25) is 0 Å². The summed E-state index contributed by atoms with van der Waals surface area (Å²) in [5.74, 6) is 0.804. The summed E-state index contributed by atoms with van der Waals surface area (Å²) in [7, 11) is 0. The Hall–Kier alpha value is -0.860. The van der Waals surface area contributed by atoms with Crippen molar-refractivity contribution < 1.29 is 5.11 Å². The van der Waals surface area contributed by atoms with Crippen LogP contribution in [0.5, 0.6) is 0 Å². The molecule has 92 valence electrons. The Morgan fingerprint density at radius 3 is 2.88 bits per heavy atom. The van der Waals surface area contributed by atoms with Crippen LogP contribution in [0, 0.1) is 12.8 Å². The smallest absolute Gasteiger partial charge is 0.0945 e. The van der Waals surface area contributed by atoms with E-state index in [0.29, 0.717) is 6.04 Å². The van der Waals surface area contributed by atoms with Crippen LogP contribution < -0.4 is 5.32 Å². The van der Waals surface area contributed by atoms with Crippen LogP contribution in [-0.4, -0.2) is 17.2 Å². The maximum Gasteiger partial charge on any atom is 0.0945 e. The molecule has 1 saturated heterocycles. The number of aliphatic hydroxyl groups excluding tert-OH is 1. The minimum absolute atomic E-state index is 0.256. The Bertz CT molecular complexity index is 392. The first-order valence-corrected chi connectivity index (χ1v) is 6.75. The third-order valence-electron chi connectivity index (χ3n) is 4.53. The molecule has 1 aromatic carbocycles.